The summed E-state index contributed by atoms with van der Waals surface area (Å²) in [5.74, 6) is 2.19. The lowest BCUT2D eigenvalue weighted by Gasteiger charge is -2.18. The molecule has 2 aliphatic rings. The van der Waals surface area contributed by atoms with E-state index in [1.54, 1.807) is 0 Å². The van der Waals surface area contributed by atoms with Crippen molar-refractivity contribution in [2.45, 2.75) is 46.5 Å². The zero-order valence-electron chi connectivity index (χ0n) is 10.7. The Kier molecular flexibility index (Phi) is 3.05. The summed E-state index contributed by atoms with van der Waals surface area (Å²) in [4.78, 5) is 11.8. The van der Waals surface area contributed by atoms with Crippen LogP contribution in [0.4, 0.5) is 0 Å². The normalized spacial score (nSPS) is 34.9. The zero-order chi connectivity index (χ0) is 11.9. The van der Waals surface area contributed by atoms with Gasteiger partial charge in [0, 0.05) is 6.42 Å². The van der Waals surface area contributed by atoms with Gasteiger partial charge in [-0.05, 0) is 56.4 Å². The van der Waals surface area contributed by atoms with Gasteiger partial charge < -0.3 is 0 Å². The highest BCUT2D eigenvalue weighted by Gasteiger charge is 2.36. The van der Waals surface area contributed by atoms with Crippen molar-refractivity contribution in [2.24, 2.45) is 17.8 Å². The molecule has 0 N–H and O–H groups in total. The second kappa shape index (κ2) is 4.20. The minimum absolute atomic E-state index is 0.384. The molecule has 16 heavy (non-hydrogen) atoms. The van der Waals surface area contributed by atoms with Crippen molar-refractivity contribution >= 4 is 5.78 Å². The summed E-state index contributed by atoms with van der Waals surface area (Å²) in [6.07, 6.45) is 4.34. The number of hydrogen-bond acceptors (Lipinski definition) is 1. The molecule has 0 aliphatic heterocycles. The third kappa shape index (κ3) is 1.88. The maximum Gasteiger partial charge on any atom is 0.159 e. The largest absolute Gasteiger partial charge is 0.295 e. The van der Waals surface area contributed by atoms with E-state index in [0.29, 0.717) is 23.5 Å². The predicted octanol–water partition coefficient (Wildman–Crippen LogP) is 3.90. The molecule has 0 aromatic heterocycles. The Morgan fingerprint density at radius 2 is 2.00 bits per heavy atom. The number of rotatable bonds is 1. The molecule has 1 heteroatoms. The summed E-state index contributed by atoms with van der Waals surface area (Å²) >= 11 is 0. The van der Waals surface area contributed by atoms with E-state index >= 15 is 0 Å². The van der Waals surface area contributed by atoms with Gasteiger partial charge in [-0.1, -0.05) is 24.6 Å². The summed E-state index contributed by atoms with van der Waals surface area (Å²) in [7, 11) is 0. The van der Waals surface area contributed by atoms with Gasteiger partial charge in [0.2, 0.25) is 0 Å². The number of carbonyl (C=O) groups excluding carboxylic acids is 1. The summed E-state index contributed by atoms with van der Waals surface area (Å²) in [5, 5.41) is 0. The van der Waals surface area contributed by atoms with Crippen molar-refractivity contribution < 1.29 is 4.79 Å². The summed E-state index contributed by atoms with van der Waals surface area (Å²) < 4.78 is 0. The van der Waals surface area contributed by atoms with Gasteiger partial charge in [0.25, 0.3) is 0 Å². The van der Waals surface area contributed by atoms with E-state index in [1.807, 2.05) is 6.92 Å². The number of allylic oxidation sites excluding steroid dienone is 3. The van der Waals surface area contributed by atoms with Crippen LogP contribution in [0.2, 0.25) is 0 Å². The highest BCUT2D eigenvalue weighted by molar-refractivity contribution is 5.98. The second-order valence-electron chi connectivity index (χ2n) is 5.69. The van der Waals surface area contributed by atoms with Crippen LogP contribution in [0.15, 0.2) is 23.3 Å². The smallest absolute Gasteiger partial charge is 0.159 e. The Morgan fingerprint density at radius 1 is 1.31 bits per heavy atom. The average molecular weight is 218 g/mol. The van der Waals surface area contributed by atoms with E-state index in [-0.39, 0.29) is 0 Å². The fourth-order valence-corrected chi connectivity index (χ4v) is 3.24. The van der Waals surface area contributed by atoms with E-state index in [4.69, 9.17) is 0 Å². The quantitative estimate of drug-likeness (QED) is 0.610. The van der Waals surface area contributed by atoms with E-state index in [1.165, 1.54) is 24.0 Å². The fourth-order valence-electron chi connectivity index (χ4n) is 3.24. The second-order valence-corrected chi connectivity index (χ2v) is 5.69. The van der Waals surface area contributed by atoms with Crippen LogP contribution in [-0.4, -0.2) is 5.78 Å². The van der Waals surface area contributed by atoms with Gasteiger partial charge in [0.15, 0.2) is 5.78 Å². The first-order chi connectivity index (χ1) is 7.50. The van der Waals surface area contributed by atoms with Crippen LogP contribution < -0.4 is 0 Å². The molecule has 1 saturated carbocycles. The highest BCUT2D eigenvalue weighted by Crippen LogP contribution is 2.44. The standard InChI is InChI=1S/C15H22O/c1-9(2)12-6-5-10(3)13-8-15(16)11(4)14(13)7-12/h10,12-13H,1,5-8H2,2-4H3/t10-,12-,13+/m1/s1. The first-order valence-electron chi connectivity index (χ1n) is 6.39. The van der Waals surface area contributed by atoms with Crippen LogP contribution in [0, 0.1) is 17.8 Å². The van der Waals surface area contributed by atoms with Gasteiger partial charge in [0.1, 0.15) is 0 Å². The van der Waals surface area contributed by atoms with Crippen molar-refractivity contribution in [1.29, 1.82) is 0 Å². The lowest BCUT2D eigenvalue weighted by Crippen LogP contribution is -2.09. The molecule has 0 spiro atoms. The minimum Gasteiger partial charge on any atom is -0.295 e. The van der Waals surface area contributed by atoms with Crippen LogP contribution in [0.25, 0.3) is 0 Å². The molecule has 0 saturated heterocycles. The Hall–Kier alpha value is -0.850. The molecule has 0 amide bonds. The number of fused-ring (bicyclic) bond motifs is 1. The van der Waals surface area contributed by atoms with Crippen molar-refractivity contribution in [1.82, 2.24) is 0 Å². The van der Waals surface area contributed by atoms with Gasteiger partial charge in [-0.15, -0.1) is 0 Å². The average Bonchev–Trinajstić information content (AvgIpc) is 2.42. The van der Waals surface area contributed by atoms with E-state index in [9.17, 15) is 4.79 Å². The summed E-state index contributed by atoms with van der Waals surface area (Å²) in [5.41, 5.74) is 3.79. The van der Waals surface area contributed by atoms with E-state index in [0.717, 1.165) is 18.4 Å². The Morgan fingerprint density at radius 3 is 2.62 bits per heavy atom. The Labute approximate surface area is 98.6 Å². The number of Topliss-reactive ketones (excluding diaryl/α,β-unsaturated/α-hetero) is 1. The summed E-state index contributed by atoms with van der Waals surface area (Å²) in [6, 6.07) is 0. The topological polar surface area (TPSA) is 17.1 Å². The molecule has 0 unspecified atom stereocenters. The Bertz CT molecular complexity index is 362. The van der Waals surface area contributed by atoms with Crippen LogP contribution in [0.1, 0.15) is 46.5 Å². The van der Waals surface area contributed by atoms with Gasteiger partial charge >= 0.3 is 0 Å². The molecule has 3 atom stereocenters. The molecule has 0 heterocycles. The highest BCUT2D eigenvalue weighted by atomic mass is 16.1. The van der Waals surface area contributed by atoms with E-state index < -0.39 is 0 Å². The van der Waals surface area contributed by atoms with Crippen molar-refractivity contribution in [2.75, 3.05) is 0 Å². The molecular weight excluding hydrogens is 196 g/mol. The number of hydrogen-bond donors (Lipinski definition) is 0. The molecular formula is C15H22O. The van der Waals surface area contributed by atoms with Crippen LogP contribution in [0.3, 0.4) is 0 Å². The molecule has 0 aromatic carbocycles. The Balaban J connectivity index is 2.31. The fraction of sp³-hybridized carbons (Fsp3) is 0.667. The van der Waals surface area contributed by atoms with Crippen LogP contribution in [0.5, 0.6) is 0 Å². The van der Waals surface area contributed by atoms with Gasteiger partial charge in [-0.25, -0.2) is 0 Å². The van der Waals surface area contributed by atoms with Crippen molar-refractivity contribution in [3.8, 4) is 0 Å². The molecule has 88 valence electrons. The minimum atomic E-state index is 0.384. The maximum atomic E-state index is 11.8. The lowest BCUT2D eigenvalue weighted by molar-refractivity contribution is -0.115. The molecule has 0 bridgehead atoms. The maximum absolute atomic E-state index is 11.8. The van der Waals surface area contributed by atoms with Crippen LogP contribution in [-0.2, 0) is 4.79 Å². The first-order valence-corrected chi connectivity index (χ1v) is 6.39. The van der Waals surface area contributed by atoms with Gasteiger partial charge in [0.05, 0.1) is 0 Å². The molecule has 0 radical (unpaired) electrons. The van der Waals surface area contributed by atoms with Gasteiger partial charge in [-0.3, -0.25) is 4.79 Å². The summed E-state index contributed by atoms with van der Waals surface area (Å²) in [6.45, 7) is 10.5. The van der Waals surface area contributed by atoms with Gasteiger partial charge in [-0.2, -0.15) is 0 Å². The third-order valence-corrected chi connectivity index (χ3v) is 4.57. The molecule has 0 aromatic rings. The molecule has 2 aliphatic carbocycles. The lowest BCUT2D eigenvalue weighted by atomic mass is 9.86. The molecule has 2 rings (SSSR count). The number of carbonyl (C=O) groups is 1. The first kappa shape index (κ1) is 11.6. The molecule has 1 nitrogen and oxygen atoms in total. The monoisotopic (exact) mass is 218 g/mol. The number of ketones is 1. The van der Waals surface area contributed by atoms with Crippen LogP contribution >= 0.6 is 0 Å². The SMILES string of the molecule is C=C(C)[C@@H]1CC[C@@H](C)[C@@H]2CC(=O)C(C)=C2C1. The zero-order valence-corrected chi connectivity index (χ0v) is 10.7. The van der Waals surface area contributed by atoms with E-state index in [2.05, 4.69) is 20.4 Å². The predicted molar refractivity (Wildman–Crippen MR) is 67.1 cm³/mol. The molecule has 1 fully saturated rings. The van der Waals surface area contributed by atoms with Crippen molar-refractivity contribution in [3.05, 3.63) is 23.3 Å². The third-order valence-electron chi connectivity index (χ3n) is 4.57. The van der Waals surface area contributed by atoms with Crippen molar-refractivity contribution in [3.63, 3.8) is 0 Å².